The second-order valence-electron chi connectivity index (χ2n) is 13.2. The van der Waals surface area contributed by atoms with Crippen LogP contribution < -0.4 is 15.1 Å². The van der Waals surface area contributed by atoms with Gasteiger partial charge in [0.15, 0.2) is 11.5 Å². The van der Waals surface area contributed by atoms with Crippen molar-refractivity contribution < 1.29 is 28.9 Å². The van der Waals surface area contributed by atoms with E-state index in [1.54, 1.807) is 13.1 Å². The predicted molar refractivity (Wildman–Crippen MR) is 176 cm³/mol. The van der Waals surface area contributed by atoms with Gasteiger partial charge in [-0.25, -0.2) is 24.5 Å². The summed E-state index contributed by atoms with van der Waals surface area (Å²) in [5.74, 6) is 0.560. The predicted octanol–water partition coefficient (Wildman–Crippen LogP) is 5.02. The maximum Gasteiger partial charge on any atom is 0.407 e. The maximum absolute atomic E-state index is 13.3. The molecule has 2 N–H and O–H groups in total. The molecule has 14 heteroatoms. The standard InChI is InChI=1S/C32H45ClN6O6S/c1-7-43-29(41)24-27(38-15-11-32(12-16-38)18-44-20(3)25(32)37-30(42)45-31(4,5)6)35-19(2)28(36-24)46-22-10-13-34-26(23(22)33)39-14-8-9-21(39)17-40/h10,13,20-21,25,40H,7-9,11-12,14-18H2,1-6H3,(H,37,42)/t20-,21?,25+/m0/s1. The summed E-state index contributed by atoms with van der Waals surface area (Å²) in [6.07, 6.45) is 4.36. The van der Waals surface area contributed by atoms with Crippen LogP contribution in [0.3, 0.4) is 0 Å². The number of amides is 1. The summed E-state index contributed by atoms with van der Waals surface area (Å²) in [7, 11) is 0. The van der Waals surface area contributed by atoms with Crippen molar-refractivity contribution in [1.29, 1.82) is 0 Å². The normalized spacial score (nSPS) is 22.7. The Morgan fingerprint density at radius 3 is 2.63 bits per heavy atom. The van der Waals surface area contributed by atoms with E-state index in [0.717, 1.165) is 37.1 Å². The molecule has 3 aliphatic heterocycles. The van der Waals surface area contributed by atoms with Crippen molar-refractivity contribution >= 4 is 47.1 Å². The van der Waals surface area contributed by atoms with E-state index in [1.807, 2.05) is 45.6 Å². The Kier molecular flexibility index (Phi) is 10.6. The number of aromatic nitrogens is 3. The van der Waals surface area contributed by atoms with Gasteiger partial charge in [-0.05, 0) is 73.3 Å². The van der Waals surface area contributed by atoms with Gasteiger partial charge < -0.3 is 34.4 Å². The second kappa shape index (κ2) is 14.1. The number of aliphatic hydroxyl groups excluding tert-OH is 1. The van der Waals surface area contributed by atoms with Crippen LogP contribution in [0.15, 0.2) is 22.2 Å². The molecule has 12 nitrogen and oxygen atoms in total. The number of rotatable bonds is 8. The summed E-state index contributed by atoms with van der Waals surface area (Å²) in [6, 6.07) is 1.59. The Balaban J connectivity index is 1.37. The van der Waals surface area contributed by atoms with E-state index in [2.05, 4.69) is 15.2 Å². The minimum absolute atomic E-state index is 0.0208. The van der Waals surface area contributed by atoms with Gasteiger partial charge >= 0.3 is 12.1 Å². The van der Waals surface area contributed by atoms with Gasteiger partial charge in [-0.15, -0.1) is 0 Å². The highest BCUT2D eigenvalue weighted by Crippen LogP contribution is 2.44. The number of aliphatic hydroxyl groups is 1. The van der Waals surface area contributed by atoms with Crippen LogP contribution in [0.2, 0.25) is 5.02 Å². The fourth-order valence-electron chi connectivity index (χ4n) is 6.55. The lowest BCUT2D eigenvalue weighted by molar-refractivity contribution is 0.0432. The maximum atomic E-state index is 13.3. The van der Waals surface area contributed by atoms with Crippen molar-refractivity contribution in [3.05, 3.63) is 28.7 Å². The molecular formula is C32H45ClN6O6S. The number of aryl methyl sites for hydroxylation is 1. The molecule has 2 aromatic rings. The van der Waals surface area contributed by atoms with Crippen molar-refractivity contribution in [2.24, 2.45) is 5.41 Å². The van der Waals surface area contributed by atoms with Crippen molar-refractivity contribution in [1.82, 2.24) is 20.3 Å². The molecule has 0 aliphatic carbocycles. The van der Waals surface area contributed by atoms with Gasteiger partial charge in [0, 0.05) is 36.1 Å². The lowest BCUT2D eigenvalue weighted by Crippen LogP contribution is -2.55. The van der Waals surface area contributed by atoms with E-state index in [1.165, 1.54) is 11.8 Å². The largest absolute Gasteiger partial charge is 0.461 e. The number of halogens is 1. The molecule has 3 fully saturated rings. The molecule has 3 aliphatic rings. The number of nitrogens with zero attached hydrogens (tertiary/aromatic N) is 5. The highest BCUT2D eigenvalue weighted by atomic mass is 35.5. The number of hydrogen-bond acceptors (Lipinski definition) is 12. The molecular weight excluding hydrogens is 632 g/mol. The summed E-state index contributed by atoms with van der Waals surface area (Å²) in [5.41, 5.74) is -0.0690. The van der Waals surface area contributed by atoms with Crippen LogP contribution in [0.1, 0.15) is 76.5 Å². The van der Waals surface area contributed by atoms with Crippen molar-refractivity contribution in [2.45, 2.75) is 101 Å². The first-order chi connectivity index (χ1) is 21.9. The topological polar surface area (TPSA) is 139 Å². The van der Waals surface area contributed by atoms with Gasteiger partial charge in [0.05, 0.1) is 48.7 Å². The third kappa shape index (κ3) is 7.32. The molecule has 0 aromatic carbocycles. The number of piperidine rings is 1. The molecule has 1 spiro atoms. The zero-order chi connectivity index (χ0) is 33.2. The van der Waals surface area contributed by atoms with E-state index in [-0.39, 0.29) is 42.5 Å². The van der Waals surface area contributed by atoms with Gasteiger partial charge in [-0.1, -0.05) is 23.4 Å². The number of esters is 1. The first-order valence-corrected chi connectivity index (χ1v) is 17.2. The number of ether oxygens (including phenoxy) is 3. The molecule has 0 radical (unpaired) electrons. The summed E-state index contributed by atoms with van der Waals surface area (Å²) in [5, 5.41) is 13.9. The van der Waals surface area contributed by atoms with Crippen LogP contribution in [-0.2, 0) is 14.2 Å². The number of carbonyl (C=O) groups is 2. The molecule has 46 heavy (non-hydrogen) atoms. The third-order valence-electron chi connectivity index (χ3n) is 8.87. The third-order valence-corrected chi connectivity index (χ3v) is 10.5. The van der Waals surface area contributed by atoms with Gasteiger partial charge in [0.2, 0.25) is 0 Å². The summed E-state index contributed by atoms with van der Waals surface area (Å²) in [4.78, 5) is 45.0. The molecule has 0 saturated carbocycles. The van der Waals surface area contributed by atoms with E-state index < -0.39 is 17.7 Å². The zero-order valence-corrected chi connectivity index (χ0v) is 29.0. The van der Waals surface area contributed by atoms with E-state index in [9.17, 15) is 14.7 Å². The number of hydrogen-bond donors (Lipinski definition) is 2. The lowest BCUT2D eigenvalue weighted by Gasteiger charge is -2.43. The minimum Gasteiger partial charge on any atom is -0.461 e. The average molecular weight is 677 g/mol. The molecule has 2 aromatic heterocycles. The molecule has 1 unspecified atom stereocenters. The van der Waals surface area contributed by atoms with E-state index in [4.69, 9.17) is 35.8 Å². The molecule has 3 saturated heterocycles. The molecule has 3 atom stereocenters. The number of anilines is 2. The summed E-state index contributed by atoms with van der Waals surface area (Å²) in [6.45, 7) is 13.8. The highest BCUT2D eigenvalue weighted by Gasteiger charge is 2.51. The monoisotopic (exact) mass is 676 g/mol. The summed E-state index contributed by atoms with van der Waals surface area (Å²) >= 11 is 8.19. The van der Waals surface area contributed by atoms with Crippen molar-refractivity contribution in [2.75, 3.05) is 49.3 Å². The smallest absolute Gasteiger partial charge is 0.407 e. The average Bonchev–Trinajstić information content (AvgIpc) is 3.59. The van der Waals surface area contributed by atoms with E-state index in [0.29, 0.717) is 47.1 Å². The SMILES string of the molecule is CCOC(=O)c1nc(Sc2ccnc(N3CCCC3CO)c2Cl)c(C)nc1N1CCC2(CC1)CO[C@@H](C)[C@H]2NC(=O)OC(C)(C)C. The first-order valence-electron chi connectivity index (χ1n) is 16.0. The molecule has 5 heterocycles. The van der Waals surface area contributed by atoms with Crippen LogP contribution >= 0.6 is 23.4 Å². The number of alkyl carbamates (subject to hydrolysis) is 1. The first kappa shape index (κ1) is 34.5. The Labute approximate surface area is 279 Å². The Hall–Kier alpha value is -2.87. The van der Waals surface area contributed by atoms with Gasteiger partial charge in [0.25, 0.3) is 0 Å². The van der Waals surface area contributed by atoms with Crippen LogP contribution in [0, 0.1) is 12.3 Å². The van der Waals surface area contributed by atoms with E-state index >= 15 is 0 Å². The van der Waals surface area contributed by atoms with Crippen molar-refractivity contribution in [3.63, 3.8) is 0 Å². The summed E-state index contributed by atoms with van der Waals surface area (Å²) < 4.78 is 17.0. The quantitative estimate of drug-likeness (QED) is 0.363. The van der Waals surface area contributed by atoms with Crippen molar-refractivity contribution in [3.8, 4) is 0 Å². The lowest BCUT2D eigenvalue weighted by atomic mass is 9.73. The number of nitrogens with one attached hydrogen (secondary N) is 1. The van der Waals surface area contributed by atoms with Crippen LogP contribution in [-0.4, -0.2) is 95.4 Å². The molecule has 0 bridgehead atoms. The second-order valence-corrected chi connectivity index (χ2v) is 14.6. The fourth-order valence-corrected chi connectivity index (χ4v) is 7.74. The van der Waals surface area contributed by atoms with Gasteiger partial charge in [-0.2, -0.15) is 0 Å². The van der Waals surface area contributed by atoms with Crippen LogP contribution in [0.25, 0.3) is 0 Å². The number of carbonyl (C=O) groups excluding carboxylic acids is 2. The molecule has 252 valence electrons. The van der Waals surface area contributed by atoms with Gasteiger partial charge in [0.1, 0.15) is 16.4 Å². The zero-order valence-electron chi connectivity index (χ0n) is 27.5. The Morgan fingerprint density at radius 1 is 1.22 bits per heavy atom. The number of pyridine rings is 1. The fraction of sp³-hybridized carbons (Fsp3) is 0.656. The minimum atomic E-state index is -0.602. The molecule has 1 amide bonds. The van der Waals surface area contributed by atoms with Crippen LogP contribution in [0.4, 0.5) is 16.4 Å². The van der Waals surface area contributed by atoms with Gasteiger partial charge in [-0.3, -0.25) is 0 Å². The van der Waals surface area contributed by atoms with Crippen LogP contribution in [0.5, 0.6) is 0 Å². The Morgan fingerprint density at radius 2 is 1.96 bits per heavy atom. The Bertz CT molecular complexity index is 1430. The molecule has 5 rings (SSSR count). The highest BCUT2D eigenvalue weighted by molar-refractivity contribution is 7.99.